The van der Waals surface area contributed by atoms with E-state index in [9.17, 15) is 9.59 Å². The number of methoxy groups -OCH3 is 2. The molecular formula is C10H20N2O4. The van der Waals surface area contributed by atoms with Gasteiger partial charge in [0.2, 0.25) is 5.91 Å². The van der Waals surface area contributed by atoms with E-state index < -0.39 is 0 Å². The minimum Gasteiger partial charge on any atom is -0.469 e. The van der Waals surface area contributed by atoms with Crippen molar-refractivity contribution in [1.29, 1.82) is 0 Å². The average Bonchev–Trinajstić information content (AvgIpc) is 2.26. The topological polar surface area (TPSA) is 67.9 Å². The molecule has 0 unspecified atom stereocenters. The normalized spacial score (nSPS) is 10.2. The molecule has 0 radical (unpaired) electrons. The Morgan fingerprint density at radius 2 is 2.00 bits per heavy atom. The Morgan fingerprint density at radius 3 is 2.56 bits per heavy atom. The van der Waals surface area contributed by atoms with Crippen LogP contribution in [0.1, 0.15) is 6.42 Å². The molecule has 1 N–H and O–H groups in total. The number of carbonyl (C=O) groups excluding carboxylic acids is 2. The Balaban J connectivity index is 3.57. The van der Waals surface area contributed by atoms with E-state index in [1.807, 2.05) is 0 Å². The third-order valence-corrected chi connectivity index (χ3v) is 1.97. The van der Waals surface area contributed by atoms with Crippen LogP contribution in [0.5, 0.6) is 0 Å². The van der Waals surface area contributed by atoms with E-state index in [1.165, 1.54) is 7.11 Å². The number of amides is 1. The minimum absolute atomic E-state index is 0.0792. The molecule has 94 valence electrons. The van der Waals surface area contributed by atoms with E-state index in [0.29, 0.717) is 26.1 Å². The Kier molecular flexibility index (Phi) is 8.46. The van der Waals surface area contributed by atoms with Crippen molar-refractivity contribution in [2.45, 2.75) is 6.42 Å². The second kappa shape index (κ2) is 9.11. The fourth-order valence-corrected chi connectivity index (χ4v) is 1.06. The molecule has 6 nitrogen and oxygen atoms in total. The molecule has 0 rings (SSSR count). The summed E-state index contributed by atoms with van der Waals surface area (Å²) < 4.78 is 9.30. The maximum Gasteiger partial charge on any atom is 0.306 e. The molecule has 16 heavy (non-hydrogen) atoms. The molecule has 0 aliphatic heterocycles. The van der Waals surface area contributed by atoms with E-state index in [4.69, 9.17) is 4.74 Å². The maximum absolute atomic E-state index is 11.3. The standard InChI is InChI=1S/C10H20N2O4/c1-12(6-4-10(14)16-3)8-9(13)11-5-7-15-2/h4-8H2,1-3H3,(H,11,13). The van der Waals surface area contributed by atoms with Crippen molar-refractivity contribution in [3.63, 3.8) is 0 Å². The highest BCUT2D eigenvalue weighted by molar-refractivity contribution is 5.78. The van der Waals surface area contributed by atoms with Crippen LogP contribution in [0.3, 0.4) is 0 Å². The Morgan fingerprint density at radius 1 is 1.31 bits per heavy atom. The molecule has 0 aromatic rings. The molecule has 0 atom stereocenters. The van der Waals surface area contributed by atoms with Gasteiger partial charge in [-0.3, -0.25) is 14.5 Å². The second-order valence-corrected chi connectivity index (χ2v) is 3.41. The number of rotatable bonds is 8. The molecule has 6 heteroatoms. The number of nitrogens with one attached hydrogen (secondary N) is 1. The van der Waals surface area contributed by atoms with Crippen molar-refractivity contribution in [1.82, 2.24) is 10.2 Å². The Hall–Kier alpha value is -1.14. The summed E-state index contributed by atoms with van der Waals surface area (Å²) in [5, 5.41) is 2.69. The SMILES string of the molecule is COCCNC(=O)CN(C)CCC(=O)OC. The lowest BCUT2D eigenvalue weighted by atomic mass is 10.4. The number of carbonyl (C=O) groups is 2. The van der Waals surface area contributed by atoms with Gasteiger partial charge >= 0.3 is 5.97 Å². The summed E-state index contributed by atoms with van der Waals surface area (Å²) in [6.07, 6.45) is 0.290. The summed E-state index contributed by atoms with van der Waals surface area (Å²) in [5.41, 5.74) is 0. The predicted octanol–water partition coefficient (Wildman–Crippen LogP) is -0.756. The fourth-order valence-electron chi connectivity index (χ4n) is 1.06. The molecule has 0 saturated carbocycles. The lowest BCUT2D eigenvalue weighted by molar-refractivity contribution is -0.141. The number of nitrogens with zero attached hydrogens (tertiary/aromatic N) is 1. The fraction of sp³-hybridized carbons (Fsp3) is 0.800. The van der Waals surface area contributed by atoms with Gasteiger partial charge in [-0.15, -0.1) is 0 Å². The molecule has 0 aromatic carbocycles. The highest BCUT2D eigenvalue weighted by Crippen LogP contribution is 1.89. The smallest absolute Gasteiger partial charge is 0.306 e. The molecular weight excluding hydrogens is 212 g/mol. The van der Waals surface area contributed by atoms with Crippen molar-refractivity contribution in [3.05, 3.63) is 0 Å². The van der Waals surface area contributed by atoms with Gasteiger partial charge in [-0.25, -0.2) is 0 Å². The molecule has 0 heterocycles. The van der Waals surface area contributed by atoms with Gasteiger partial charge < -0.3 is 14.8 Å². The molecule has 0 aromatic heterocycles. The number of hydrogen-bond acceptors (Lipinski definition) is 5. The van der Waals surface area contributed by atoms with Crippen LogP contribution in [0.4, 0.5) is 0 Å². The quantitative estimate of drug-likeness (QED) is 0.440. The minimum atomic E-state index is -0.272. The summed E-state index contributed by atoms with van der Waals surface area (Å²) >= 11 is 0. The van der Waals surface area contributed by atoms with Crippen LogP contribution in [0.25, 0.3) is 0 Å². The van der Waals surface area contributed by atoms with Crippen molar-refractivity contribution in [2.24, 2.45) is 0 Å². The summed E-state index contributed by atoms with van der Waals surface area (Å²) in [6, 6.07) is 0. The van der Waals surface area contributed by atoms with Crippen LogP contribution >= 0.6 is 0 Å². The van der Waals surface area contributed by atoms with Crippen LogP contribution in [-0.4, -0.2) is 64.3 Å². The monoisotopic (exact) mass is 232 g/mol. The Labute approximate surface area is 95.9 Å². The van der Waals surface area contributed by atoms with Crippen LogP contribution in [0, 0.1) is 0 Å². The van der Waals surface area contributed by atoms with E-state index in [0.717, 1.165) is 0 Å². The van der Waals surface area contributed by atoms with E-state index in [2.05, 4.69) is 10.1 Å². The van der Waals surface area contributed by atoms with Gasteiger partial charge in [-0.1, -0.05) is 0 Å². The lowest BCUT2D eigenvalue weighted by Crippen LogP contribution is -2.37. The third-order valence-electron chi connectivity index (χ3n) is 1.97. The summed E-state index contributed by atoms with van der Waals surface area (Å²) in [6.45, 7) is 1.77. The van der Waals surface area contributed by atoms with Crippen molar-refractivity contribution >= 4 is 11.9 Å². The first-order chi connectivity index (χ1) is 7.60. The van der Waals surface area contributed by atoms with Gasteiger partial charge in [0, 0.05) is 20.2 Å². The molecule has 0 bridgehead atoms. The maximum atomic E-state index is 11.3. The van der Waals surface area contributed by atoms with Crippen molar-refractivity contribution in [2.75, 3.05) is 47.5 Å². The van der Waals surface area contributed by atoms with Crippen LogP contribution < -0.4 is 5.32 Å². The zero-order valence-electron chi connectivity index (χ0n) is 10.1. The summed E-state index contributed by atoms with van der Waals surface area (Å²) in [5.74, 6) is -0.351. The van der Waals surface area contributed by atoms with Gasteiger partial charge in [0.25, 0.3) is 0 Å². The summed E-state index contributed by atoms with van der Waals surface area (Å²) in [4.78, 5) is 23.9. The first kappa shape index (κ1) is 14.9. The van der Waals surface area contributed by atoms with Gasteiger partial charge in [0.1, 0.15) is 0 Å². The molecule has 1 amide bonds. The molecule has 0 aliphatic carbocycles. The van der Waals surface area contributed by atoms with Crippen molar-refractivity contribution < 1.29 is 19.1 Å². The molecule has 0 aliphatic rings. The zero-order valence-corrected chi connectivity index (χ0v) is 10.1. The van der Waals surface area contributed by atoms with Gasteiger partial charge in [-0.05, 0) is 7.05 Å². The van der Waals surface area contributed by atoms with Crippen molar-refractivity contribution in [3.8, 4) is 0 Å². The first-order valence-corrected chi connectivity index (χ1v) is 5.11. The number of hydrogen-bond donors (Lipinski definition) is 1. The summed E-state index contributed by atoms with van der Waals surface area (Å²) in [7, 11) is 4.70. The number of esters is 1. The highest BCUT2D eigenvalue weighted by atomic mass is 16.5. The average molecular weight is 232 g/mol. The van der Waals surface area contributed by atoms with Crippen LogP contribution in [0.2, 0.25) is 0 Å². The third kappa shape index (κ3) is 8.19. The van der Waals surface area contributed by atoms with Crippen LogP contribution in [0.15, 0.2) is 0 Å². The highest BCUT2D eigenvalue weighted by Gasteiger charge is 2.08. The lowest BCUT2D eigenvalue weighted by Gasteiger charge is -2.15. The van der Waals surface area contributed by atoms with Gasteiger partial charge in [0.05, 0.1) is 26.7 Å². The van der Waals surface area contributed by atoms with E-state index >= 15 is 0 Å². The molecule has 0 fully saturated rings. The Bertz CT molecular complexity index is 221. The predicted molar refractivity (Wildman–Crippen MR) is 59.0 cm³/mol. The zero-order chi connectivity index (χ0) is 12.4. The number of ether oxygens (including phenoxy) is 2. The van der Waals surface area contributed by atoms with E-state index in [-0.39, 0.29) is 18.4 Å². The van der Waals surface area contributed by atoms with Gasteiger partial charge in [0.15, 0.2) is 0 Å². The van der Waals surface area contributed by atoms with Crippen LogP contribution in [-0.2, 0) is 19.1 Å². The molecule has 0 saturated heterocycles. The largest absolute Gasteiger partial charge is 0.469 e. The molecule has 0 spiro atoms. The first-order valence-electron chi connectivity index (χ1n) is 5.11. The number of likely N-dealkylation sites (N-methyl/N-ethyl adjacent to an activating group) is 1. The second-order valence-electron chi connectivity index (χ2n) is 3.41. The van der Waals surface area contributed by atoms with E-state index in [1.54, 1.807) is 19.1 Å². The van der Waals surface area contributed by atoms with Gasteiger partial charge in [-0.2, -0.15) is 0 Å².